The molecule has 0 radical (unpaired) electrons. The van der Waals surface area contributed by atoms with Gasteiger partial charge in [0, 0.05) is 6.04 Å². The first-order chi connectivity index (χ1) is 12.1. The number of hydrogen-bond donors (Lipinski definition) is 4. The quantitative estimate of drug-likeness (QED) is 0.485. The van der Waals surface area contributed by atoms with Gasteiger partial charge in [-0.3, -0.25) is 15.6 Å². The van der Waals surface area contributed by atoms with E-state index in [-0.39, 0.29) is 12.5 Å². The molecule has 0 saturated heterocycles. The maximum absolute atomic E-state index is 11.9. The Morgan fingerprint density at radius 3 is 2.88 bits per heavy atom. The van der Waals surface area contributed by atoms with Gasteiger partial charge in [-0.15, -0.1) is 0 Å². The van der Waals surface area contributed by atoms with E-state index in [2.05, 4.69) is 33.4 Å². The summed E-state index contributed by atoms with van der Waals surface area (Å²) in [6, 6.07) is 8.27. The Labute approximate surface area is 156 Å². The summed E-state index contributed by atoms with van der Waals surface area (Å²) < 4.78 is 1.09. The number of hydrogen-bond acceptors (Lipinski definition) is 5. The highest BCUT2D eigenvalue weighted by Crippen LogP contribution is 2.25. The molecule has 1 fully saturated rings. The van der Waals surface area contributed by atoms with Gasteiger partial charge < -0.3 is 10.6 Å². The normalized spacial score (nSPS) is 20.0. The molecule has 0 bridgehead atoms. The zero-order valence-electron chi connectivity index (χ0n) is 14.2. The van der Waals surface area contributed by atoms with Crippen LogP contribution in [0, 0.1) is 5.92 Å². The van der Waals surface area contributed by atoms with Crippen LogP contribution in [0.4, 0.5) is 5.13 Å². The van der Waals surface area contributed by atoms with Crippen molar-refractivity contribution in [3.63, 3.8) is 0 Å². The maximum Gasteiger partial charge on any atom is 0.257 e. The van der Waals surface area contributed by atoms with Crippen LogP contribution in [0.25, 0.3) is 10.2 Å². The molecule has 0 spiro atoms. The molecule has 1 heterocycles. The molecule has 1 aliphatic carbocycles. The highest BCUT2D eigenvalue weighted by atomic mass is 32.1. The summed E-state index contributed by atoms with van der Waals surface area (Å²) in [6.45, 7) is 2.37. The number of thiocarbonyl (C=S) groups is 1. The number of thiazole rings is 1. The van der Waals surface area contributed by atoms with Crippen molar-refractivity contribution in [2.75, 3.05) is 11.9 Å². The second-order valence-electron chi connectivity index (χ2n) is 6.36. The van der Waals surface area contributed by atoms with Gasteiger partial charge in [0.05, 0.1) is 16.8 Å². The number of fused-ring (bicyclic) bond motifs is 1. The molecule has 4 N–H and O–H groups in total. The minimum Gasteiger partial charge on any atom is -0.358 e. The number of benzene rings is 1. The van der Waals surface area contributed by atoms with Crippen molar-refractivity contribution in [2.24, 2.45) is 5.92 Å². The van der Waals surface area contributed by atoms with Gasteiger partial charge in [-0.2, -0.15) is 0 Å². The molecule has 1 aromatic carbocycles. The lowest BCUT2D eigenvalue weighted by atomic mass is 9.86. The van der Waals surface area contributed by atoms with Crippen LogP contribution in [-0.2, 0) is 4.79 Å². The molecule has 1 amide bonds. The number of nitrogens with zero attached hydrogens (tertiary/aromatic N) is 1. The van der Waals surface area contributed by atoms with E-state index in [1.54, 1.807) is 0 Å². The molecular weight excluding hydrogens is 354 g/mol. The average Bonchev–Trinajstić information content (AvgIpc) is 3.03. The smallest absolute Gasteiger partial charge is 0.257 e. The van der Waals surface area contributed by atoms with Crippen molar-refractivity contribution in [2.45, 2.75) is 38.6 Å². The van der Waals surface area contributed by atoms with Gasteiger partial charge in [-0.1, -0.05) is 43.2 Å². The van der Waals surface area contributed by atoms with E-state index in [4.69, 9.17) is 12.2 Å². The lowest BCUT2D eigenvalue weighted by molar-refractivity contribution is -0.119. The molecule has 3 rings (SSSR count). The second-order valence-corrected chi connectivity index (χ2v) is 7.79. The largest absolute Gasteiger partial charge is 0.358 e. The van der Waals surface area contributed by atoms with E-state index in [9.17, 15) is 4.79 Å². The summed E-state index contributed by atoms with van der Waals surface area (Å²) in [4.78, 5) is 16.4. The highest BCUT2D eigenvalue weighted by Gasteiger charge is 2.21. The lowest BCUT2D eigenvalue weighted by Gasteiger charge is -2.30. The van der Waals surface area contributed by atoms with E-state index < -0.39 is 0 Å². The minimum atomic E-state index is -0.194. The van der Waals surface area contributed by atoms with Gasteiger partial charge in [0.2, 0.25) is 0 Å². The number of amides is 1. The van der Waals surface area contributed by atoms with E-state index in [0.29, 0.717) is 17.1 Å². The van der Waals surface area contributed by atoms with E-state index in [1.165, 1.54) is 30.6 Å². The average molecular weight is 378 g/mol. The number of aromatic nitrogens is 1. The summed E-state index contributed by atoms with van der Waals surface area (Å²) in [5.74, 6) is 0.407. The molecular formula is C17H23N5OS2. The van der Waals surface area contributed by atoms with Crippen LogP contribution in [-0.4, -0.2) is 28.6 Å². The summed E-state index contributed by atoms with van der Waals surface area (Å²) in [5, 5.41) is 7.52. The molecule has 134 valence electrons. The number of rotatable bonds is 4. The van der Waals surface area contributed by atoms with Crippen LogP contribution >= 0.6 is 23.6 Å². The molecule has 2 atom stereocenters. The van der Waals surface area contributed by atoms with Gasteiger partial charge in [0.1, 0.15) is 0 Å². The topological polar surface area (TPSA) is 78.1 Å². The third kappa shape index (κ3) is 5.02. The fraction of sp³-hybridized carbons (Fsp3) is 0.471. The predicted octanol–water partition coefficient (Wildman–Crippen LogP) is 2.78. The van der Waals surface area contributed by atoms with Crippen molar-refractivity contribution in [1.29, 1.82) is 0 Å². The Balaban J connectivity index is 1.39. The molecule has 8 heteroatoms. The second kappa shape index (κ2) is 8.44. The van der Waals surface area contributed by atoms with Crippen molar-refractivity contribution in [1.82, 2.24) is 21.2 Å². The summed E-state index contributed by atoms with van der Waals surface area (Å²) in [6.07, 6.45) is 4.85. The van der Waals surface area contributed by atoms with E-state index >= 15 is 0 Å². The van der Waals surface area contributed by atoms with Crippen molar-refractivity contribution >= 4 is 49.9 Å². The van der Waals surface area contributed by atoms with Crippen molar-refractivity contribution < 1.29 is 4.79 Å². The van der Waals surface area contributed by atoms with Crippen LogP contribution < -0.4 is 21.5 Å². The van der Waals surface area contributed by atoms with E-state index in [1.807, 2.05) is 24.3 Å². The highest BCUT2D eigenvalue weighted by molar-refractivity contribution is 7.80. The lowest BCUT2D eigenvalue weighted by Crippen LogP contribution is -2.52. The Kier molecular flexibility index (Phi) is 6.04. The van der Waals surface area contributed by atoms with Crippen molar-refractivity contribution in [3.05, 3.63) is 24.3 Å². The zero-order chi connectivity index (χ0) is 17.6. The standard InChI is InChI=1S/C17H23N5OS2/c1-11-6-2-3-7-12(11)19-16(24)22-21-15(23)10-18-17-20-13-8-4-5-9-14(13)25-17/h4-5,8-9,11-12H,2-3,6-7,10H2,1H3,(H,18,20)(H,21,23)(H2,19,22,24)/t11-,12-/m1/s1. The van der Waals surface area contributed by atoms with Gasteiger partial charge in [-0.25, -0.2) is 4.98 Å². The molecule has 6 nitrogen and oxygen atoms in total. The monoisotopic (exact) mass is 377 g/mol. The van der Waals surface area contributed by atoms with Gasteiger partial charge in [-0.05, 0) is 43.1 Å². The Morgan fingerprint density at radius 1 is 1.28 bits per heavy atom. The van der Waals surface area contributed by atoms with E-state index in [0.717, 1.165) is 21.8 Å². The number of anilines is 1. The van der Waals surface area contributed by atoms with Gasteiger partial charge in [0.25, 0.3) is 5.91 Å². The molecule has 1 aliphatic rings. The molecule has 1 saturated carbocycles. The third-order valence-electron chi connectivity index (χ3n) is 4.44. The fourth-order valence-corrected chi connectivity index (χ4v) is 4.07. The van der Waals surface area contributed by atoms with Crippen LogP contribution in [0.3, 0.4) is 0 Å². The number of nitrogens with one attached hydrogen (secondary N) is 4. The van der Waals surface area contributed by atoms with Crippen LogP contribution in [0.5, 0.6) is 0 Å². The van der Waals surface area contributed by atoms with Gasteiger partial charge in [0.15, 0.2) is 10.2 Å². The molecule has 0 aliphatic heterocycles. The number of hydrazine groups is 1. The predicted molar refractivity (Wildman–Crippen MR) is 107 cm³/mol. The maximum atomic E-state index is 11.9. The fourth-order valence-electron chi connectivity index (χ4n) is 3.01. The molecule has 1 aromatic heterocycles. The zero-order valence-corrected chi connectivity index (χ0v) is 15.8. The number of carbonyl (C=O) groups is 1. The van der Waals surface area contributed by atoms with Crippen molar-refractivity contribution in [3.8, 4) is 0 Å². The van der Waals surface area contributed by atoms with Gasteiger partial charge >= 0.3 is 0 Å². The molecule has 25 heavy (non-hydrogen) atoms. The molecule has 0 unspecified atom stereocenters. The molecule has 2 aromatic rings. The Bertz CT molecular complexity index is 714. The number of para-hydroxylation sites is 1. The Hall–Kier alpha value is -1.93. The summed E-state index contributed by atoms with van der Waals surface area (Å²) >= 11 is 6.79. The Morgan fingerprint density at radius 2 is 2.08 bits per heavy atom. The first-order valence-corrected chi connectivity index (χ1v) is 9.79. The summed E-state index contributed by atoms with van der Waals surface area (Å²) in [7, 11) is 0. The van der Waals surface area contributed by atoms with Crippen LogP contribution in [0.1, 0.15) is 32.6 Å². The first kappa shape index (κ1) is 17.9. The first-order valence-electron chi connectivity index (χ1n) is 8.56. The minimum absolute atomic E-state index is 0.134. The SMILES string of the molecule is C[C@@H]1CCCC[C@H]1NC(=S)NNC(=O)CNc1nc2ccccc2s1. The summed E-state index contributed by atoms with van der Waals surface area (Å²) in [5.41, 5.74) is 6.32. The van der Waals surface area contributed by atoms with Crippen LogP contribution in [0.15, 0.2) is 24.3 Å². The third-order valence-corrected chi connectivity index (χ3v) is 5.65. The van der Waals surface area contributed by atoms with Crippen LogP contribution in [0.2, 0.25) is 0 Å². The number of carbonyl (C=O) groups excluding carboxylic acids is 1.